The van der Waals surface area contributed by atoms with Crippen molar-refractivity contribution in [1.82, 2.24) is 16.0 Å². The van der Waals surface area contributed by atoms with E-state index in [-0.39, 0.29) is 44.0 Å². The summed E-state index contributed by atoms with van der Waals surface area (Å²) >= 11 is 10.0. The van der Waals surface area contributed by atoms with Crippen molar-refractivity contribution < 1.29 is 19.1 Å². The average Bonchev–Trinajstić information content (AvgIpc) is 2.59. The lowest BCUT2D eigenvalue weighted by molar-refractivity contribution is -0.124. The van der Waals surface area contributed by atoms with Crippen LogP contribution in [0.5, 0.6) is 0 Å². The molecule has 174 valence electrons. The van der Waals surface area contributed by atoms with Gasteiger partial charge in [-0.05, 0) is 41.5 Å². The van der Waals surface area contributed by atoms with Crippen molar-refractivity contribution >= 4 is 65.5 Å². The van der Waals surface area contributed by atoms with Crippen molar-refractivity contribution in [3.63, 3.8) is 0 Å². The van der Waals surface area contributed by atoms with Crippen molar-refractivity contribution in [3.05, 3.63) is 12.7 Å². The van der Waals surface area contributed by atoms with E-state index in [9.17, 15) is 14.4 Å². The molecule has 0 bridgehead atoms. The topological polar surface area (TPSA) is 96.5 Å². The van der Waals surface area contributed by atoms with Gasteiger partial charge in [-0.3, -0.25) is 14.4 Å². The number of halogens is 3. The van der Waals surface area contributed by atoms with Gasteiger partial charge in [0, 0.05) is 25.0 Å². The lowest BCUT2D eigenvalue weighted by atomic mass is 9.87. The third-order valence-electron chi connectivity index (χ3n) is 4.14. The highest BCUT2D eigenvalue weighted by molar-refractivity contribution is 9.10. The smallest absolute Gasteiger partial charge is 0.236 e. The minimum absolute atomic E-state index is 0.185. The fraction of sp³-hybridized carbons (Fsp3) is 0.750. The Morgan fingerprint density at radius 2 is 1.07 bits per heavy atom. The first kappa shape index (κ1) is 29.5. The molecule has 0 unspecified atom stereocenters. The Balaban J connectivity index is 5.67. The highest BCUT2D eigenvalue weighted by atomic mass is 79.9. The molecule has 0 aromatic heterocycles. The van der Waals surface area contributed by atoms with Crippen LogP contribution in [0.4, 0.5) is 0 Å². The Morgan fingerprint density at radius 3 is 1.30 bits per heavy atom. The fourth-order valence-electron chi connectivity index (χ4n) is 2.13. The summed E-state index contributed by atoms with van der Waals surface area (Å²) in [7, 11) is 0. The minimum atomic E-state index is -0.779. The van der Waals surface area contributed by atoms with Crippen LogP contribution in [0.15, 0.2) is 12.7 Å². The molecule has 30 heavy (non-hydrogen) atoms. The molecule has 0 saturated carbocycles. The van der Waals surface area contributed by atoms with Crippen LogP contribution < -0.4 is 16.0 Å². The zero-order chi connectivity index (χ0) is 23.8. The molecule has 7 nitrogen and oxygen atoms in total. The van der Waals surface area contributed by atoms with E-state index in [2.05, 4.69) is 70.3 Å². The van der Waals surface area contributed by atoms with Gasteiger partial charge in [0.15, 0.2) is 0 Å². The van der Waals surface area contributed by atoms with Gasteiger partial charge in [0.2, 0.25) is 17.7 Å². The molecule has 0 aliphatic carbocycles. The monoisotopic (exact) mass is 617 g/mol. The molecule has 0 radical (unpaired) electrons. The van der Waals surface area contributed by atoms with Crippen LogP contribution in [-0.4, -0.2) is 63.5 Å². The van der Waals surface area contributed by atoms with E-state index >= 15 is 0 Å². The molecule has 10 heteroatoms. The number of nitrogens with one attached hydrogen (secondary N) is 3. The second-order valence-electron chi connectivity index (χ2n) is 8.77. The number of amides is 3. The van der Waals surface area contributed by atoms with Crippen LogP contribution in [0.2, 0.25) is 0 Å². The minimum Gasteiger partial charge on any atom is -0.377 e. The van der Waals surface area contributed by atoms with Crippen molar-refractivity contribution in [3.8, 4) is 0 Å². The summed E-state index contributed by atoms with van der Waals surface area (Å²) < 4.78 is 3.41. The summed E-state index contributed by atoms with van der Waals surface area (Å²) in [5, 5.41) is 8.69. The van der Waals surface area contributed by atoms with E-state index in [0.717, 1.165) is 0 Å². The molecule has 3 amide bonds. The molecule has 3 N–H and O–H groups in total. The van der Waals surface area contributed by atoms with Gasteiger partial charge in [-0.2, -0.15) is 0 Å². The van der Waals surface area contributed by atoms with Gasteiger partial charge in [0.1, 0.15) is 0 Å². The number of ether oxygens (including phenoxy) is 1. The van der Waals surface area contributed by atoms with Gasteiger partial charge in [0.05, 0.1) is 26.2 Å². The van der Waals surface area contributed by atoms with Crippen molar-refractivity contribution in [2.45, 2.75) is 54.5 Å². The molecule has 0 aliphatic heterocycles. The quantitative estimate of drug-likeness (QED) is 0.168. The second-order valence-corrected chi connectivity index (χ2v) is 14.7. The fourth-order valence-corrected chi connectivity index (χ4v) is 2.55. The largest absolute Gasteiger partial charge is 0.377 e. The first-order valence-corrected chi connectivity index (χ1v) is 11.9. The van der Waals surface area contributed by atoms with E-state index in [1.54, 1.807) is 47.6 Å². The standard InChI is InChI=1S/C20H34Br3N3O4/c1-8-9-30-13-20(10-24-14(27)17(2,3)21,11-25-15(28)18(4,5)22)12-26-16(29)19(6,7)23/h8H,1,9-13H2,2-7H3,(H,24,27)(H,25,28)(H,26,29). The van der Waals surface area contributed by atoms with Gasteiger partial charge in [-0.1, -0.05) is 53.9 Å². The molecule has 0 saturated heterocycles. The average molecular weight is 620 g/mol. The van der Waals surface area contributed by atoms with Crippen LogP contribution in [0.1, 0.15) is 41.5 Å². The Hall–Kier alpha value is -0.450. The number of hydrogen-bond donors (Lipinski definition) is 3. The van der Waals surface area contributed by atoms with E-state index in [4.69, 9.17) is 4.74 Å². The number of rotatable bonds is 13. The molecule has 0 fully saturated rings. The number of carbonyl (C=O) groups is 3. The van der Waals surface area contributed by atoms with Gasteiger partial charge in [-0.25, -0.2) is 0 Å². The maximum Gasteiger partial charge on any atom is 0.236 e. The first-order valence-electron chi connectivity index (χ1n) is 9.55. The van der Waals surface area contributed by atoms with Crippen LogP contribution in [0.25, 0.3) is 0 Å². The Kier molecular flexibility index (Phi) is 11.8. The maximum absolute atomic E-state index is 12.4. The van der Waals surface area contributed by atoms with Crippen LogP contribution >= 0.6 is 47.8 Å². The molecular weight excluding hydrogens is 586 g/mol. The van der Waals surface area contributed by atoms with E-state index < -0.39 is 18.4 Å². The summed E-state index contributed by atoms with van der Waals surface area (Å²) in [5.74, 6) is -0.639. The highest BCUT2D eigenvalue weighted by Gasteiger charge is 2.37. The van der Waals surface area contributed by atoms with Gasteiger partial charge in [0.25, 0.3) is 0 Å². The Labute approximate surface area is 205 Å². The molecule has 0 atom stereocenters. The van der Waals surface area contributed by atoms with Crippen LogP contribution in [0, 0.1) is 5.41 Å². The van der Waals surface area contributed by atoms with E-state index in [0.29, 0.717) is 6.61 Å². The molecule has 0 heterocycles. The third-order valence-corrected chi connectivity index (χ3v) is 5.22. The number of carbonyl (C=O) groups excluding carboxylic acids is 3. The zero-order valence-corrected chi connectivity index (χ0v) is 23.3. The molecule has 0 aliphatic rings. The van der Waals surface area contributed by atoms with Crippen molar-refractivity contribution in [2.75, 3.05) is 32.8 Å². The SMILES string of the molecule is C=CCOCC(CNC(=O)C(C)(C)Br)(CNC(=O)C(C)(C)Br)CNC(=O)C(C)(C)Br. The van der Waals surface area contributed by atoms with Crippen molar-refractivity contribution in [2.24, 2.45) is 5.41 Å². The highest BCUT2D eigenvalue weighted by Crippen LogP contribution is 2.22. The predicted octanol–water partition coefficient (Wildman–Crippen LogP) is 3.04. The lowest BCUT2D eigenvalue weighted by Crippen LogP contribution is -2.57. The first-order chi connectivity index (χ1) is 13.4. The van der Waals surface area contributed by atoms with Crippen LogP contribution in [0.3, 0.4) is 0 Å². The Morgan fingerprint density at radius 1 is 0.767 bits per heavy atom. The van der Waals surface area contributed by atoms with Crippen LogP contribution in [-0.2, 0) is 19.1 Å². The van der Waals surface area contributed by atoms with Gasteiger partial charge >= 0.3 is 0 Å². The van der Waals surface area contributed by atoms with Gasteiger partial charge in [-0.15, -0.1) is 6.58 Å². The normalized spacial score (nSPS) is 12.8. The Bertz CT molecular complexity index is 546. The van der Waals surface area contributed by atoms with E-state index in [1.165, 1.54) is 0 Å². The molecule has 0 aromatic carbocycles. The van der Waals surface area contributed by atoms with Crippen molar-refractivity contribution in [1.29, 1.82) is 0 Å². The lowest BCUT2D eigenvalue weighted by Gasteiger charge is -2.36. The maximum atomic E-state index is 12.4. The van der Waals surface area contributed by atoms with E-state index in [1.807, 2.05) is 0 Å². The molecular formula is C20H34Br3N3O4. The summed E-state index contributed by atoms with van der Waals surface area (Å²) in [5.41, 5.74) is -0.779. The number of alkyl halides is 3. The summed E-state index contributed by atoms with van der Waals surface area (Å²) in [6, 6.07) is 0. The zero-order valence-electron chi connectivity index (χ0n) is 18.6. The summed E-state index contributed by atoms with van der Waals surface area (Å²) in [6.07, 6.45) is 1.62. The molecule has 0 rings (SSSR count). The second kappa shape index (κ2) is 12.0. The number of hydrogen-bond acceptors (Lipinski definition) is 4. The molecule has 0 aromatic rings. The summed E-state index contributed by atoms with van der Waals surface area (Å²) in [6.45, 7) is 15.1. The molecule has 0 spiro atoms. The predicted molar refractivity (Wildman–Crippen MR) is 131 cm³/mol. The third kappa shape index (κ3) is 11.2. The summed E-state index contributed by atoms with van der Waals surface area (Å²) in [4.78, 5) is 37.3. The van der Waals surface area contributed by atoms with Gasteiger partial charge < -0.3 is 20.7 Å².